The van der Waals surface area contributed by atoms with E-state index in [0.717, 1.165) is 11.8 Å². The standard InChI is InChI=1S/C23H23ClN2O4S/c1-17-7-9-19(10-8-17)25-23(27)16-30-21-13-11-20(12-14-21)26(31(2,28)29)15-18-5-3-4-6-22(18)24/h3-14H,15-16H2,1-2H3,(H,25,27). The number of sulfonamides is 1. The van der Waals surface area contributed by atoms with E-state index in [0.29, 0.717) is 27.7 Å². The van der Waals surface area contributed by atoms with Gasteiger partial charge in [0, 0.05) is 10.7 Å². The Kier molecular flexibility index (Phi) is 7.20. The Morgan fingerprint density at radius 2 is 1.65 bits per heavy atom. The molecule has 0 aliphatic carbocycles. The fraction of sp³-hybridized carbons (Fsp3) is 0.174. The molecule has 0 spiro atoms. The smallest absolute Gasteiger partial charge is 0.262 e. The highest BCUT2D eigenvalue weighted by atomic mass is 35.5. The average Bonchev–Trinajstić information content (AvgIpc) is 2.73. The second-order valence-electron chi connectivity index (χ2n) is 7.06. The van der Waals surface area contributed by atoms with Crippen LogP contribution in [0, 0.1) is 6.92 Å². The number of halogens is 1. The summed E-state index contributed by atoms with van der Waals surface area (Å²) in [6.07, 6.45) is 1.14. The Bertz CT molecular complexity index is 1150. The maximum absolute atomic E-state index is 12.3. The third kappa shape index (κ3) is 6.47. The largest absolute Gasteiger partial charge is 0.484 e. The van der Waals surface area contributed by atoms with Gasteiger partial charge in [-0.2, -0.15) is 0 Å². The third-order valence-electron chi connectivity index (χ3n) is 4.50. The number of ether oxygens (including phenoxy) is 1. The van der Waals surface area contributed by atoms with Crippen LogP contribution in [0.4, 0.5) is 11.4 Å². The van der Waals surface area contributed by atoms with Crippen LogP contribution in [0.1, 0.15) is 11.1 Å². The monoisotopic (exact) mass is 458 g/mol. The lowest BCUT2D eigenvalue weighted by Crippen LogP contribution is -2.29. The molecular weight excluding hydrogens is 436 g/mol. The summed E-state index contributed by atoms with van der Waals surface area (Å²) in [5, 5.41) is 3.25. The van der Waals surface area contributed by atoms with Gasteiger partial charge in [0.1, 0.15) is 5.75 Å². The van der Waals surface area contributed by atoms with Gasteiger partial charge in [-0.15, -0.1) is 0 Å². The maximum atomic E-state index is 12.3. The fourth-order valence-corrected chi connectivity index (χ4v) is 3.95. The zero-order chi connectivity index (χ0) is 22.4. The van der Waals surface area contributed by atoms with Crippen molar-refractivity contribution in [2.75, 3.05) is 22.5 Å². The van der Waals surface area contributed by atoms with E-state index in [2.05, 4.69) is 5.32 Å². The van der Waals surface area contributed by atoms with Crippen LogP contribution in [0.25, 0.3) is 0 Å². The number of benzene rings is 3. The minimum atomic E-state index is -3.54. The van der Waals surface area contributed by atoms with E-state index in [1.807, 2.05) is 31.2 Å². The topological polar surface area (TPSA) is 75.7 Å². The lowest BCUT2D eigenvalue weighted by molar-refractivity contribution is -0.118. The lowest BCUT2D eigenvalue weighted by atomic mass is 10.2. The number of hydrogen-bond acceptors (Lipinski definition) is 4. The highest BCUT2D eigenvalue weighted by Crippen LogP contribution is 2.26. The van der Waals surface area contributed by atoms with Crippen LogP contribution >= 0.6 is 11.6 Å². The van der Waals surface area contributed by atoms with Crippen molar-refractivity contribution in [1.82, 2.24) is 0 Å². The van der Waals surface area contributed by atoms with E-state index >= 15 is 0 Å². The Morgan fingerprint density at radius 3 is 2.26 bits per heavy atom. The van der Waals surface area contributed by atoms with Crippen molar-refractivity contribution in [1.29, 1.82) is 0 Å². The number of rotatable bonds is 8. The summed E-state index contributed by atoms with van der Waals surface area (Å²) in [4.78, 5) is 12.1. The quantitative estimate of drug-likeness (QED) is 0.534. The van der Waals surface area contributed by atoms with Gasteiger partial charge in [0.25, 0.3) is 5.91 Å². The van der Waals surface area contributed by atoms with Gasteiger partial charge in [0.05, 0.1) is 18.5 Å². The Balaban J connectivity index is 1.65. The number of nitrogens with one attached hydrogen (secondary N) is 1. The molecule has 0 aliphatic rings. The van der Waals surface area contributed by atoms with E-state index in [9.17, 15) is 13.2 Å². The highest BCUT2D eigenvalue weighted by molar-refractivity contribution is 7.92. The summed E-state index contributed by atoms with van der Waals surface area (Å²) < 4.78 is 31.5. The average molecular weight is 459 g/mol. The molecule has 3 aromatic carbocycles. The van der Waals surface area contributed by atoms with Gasteiger partial charge in [-0.3, -0.25) is 9.10 Å². The SMILES string of the molecule is Cc1ccc(NC(=O)COc2ccc(N(Cc3ccccc3Cl)S(C)(=O)=O)cc2)cc1. The first kappa shape index (κ1) is 22.7. The van der Waals surface area contributed by atoms with E-state index in [1.165, 1.54) is 4.31 Å². The molecule has 0 aliphatic heterocycles. The third-order valence-corrected chi connectivity index (χ3v) is 6.01. The molecule has 0 saturated heterocycles. The zero-order valence-corrected chi connectivity index (χ0v) is 18.8. The summed E-state index contributed by atoms with van der Waals surface area (Å²) >= 11 is 6.19. The molecule has 0 fully saturated rings. The normalized spacial score (nSPS) is 11.1. The van der Waals surface area contributed by atoms with E-state index in [4.69, 9.17) is 16.3 Å². The van der Waals surface area contributed by atoms with E-state index in [1.54, 1.807) is 48.5 Å². The predicted octanol–water partition coefficient (Wildman–Crippen LogP) is 4.63. The second kappa shape index (κ2) is 9.85. The molecule has 0 radical (unpaired) electrons. The van der Waals surface area contributed by atoms with Crippen LogP contribution in [-0.4, -0.2) is 27.2 Å². The number of carbonyl (C=O) groups is 1. The van der Waals surface area contributed by atoms with E-state index < -0.39 is 10.0 Å². The summed E-state index contributed by atoms with van der Waals surface area (Å²) in [5.41, 5.74) is 2.96. The minimum Gasteiger partial charge on any atom is -0.484 e. The fourth-order valence-electron chi connectivity index (χ4n) is 2.87. The van der Waals surface area contributed by atoms with Gasteiger partial charge in [-0.05, 0) is 55.0 Å². The molecule has 0 saturated carbocycles. The van der Waals surface area contributed by atoms with Gasteiger partial charge >= 0.3 is 0 Å². The zero-order valence-electron chi connectivity index (χ0n) is 17.2. The Labute approximate surface area is 187 Å². The van der Waals surface area contributed by atoms with Crippen LogP contribution in [0.3, 0.4) is 0 Å². The molecular formula is C23H23ClN2O4S. The van der Waals surface area contributed by atoms with Crippen LogP contribution in [0.2, 0.25) is 5.02 Å². The first-order valence-electron chi connectivity index (χ1n) is 9.53. The number of anilines is 2. The molecule has 0 heterocycles. The molecule has 0 bridgehead atoms. The number of amides is 1. The number of hydrogen-bond donors (Lipinski definition) is 1. The number of nitrogens with zero attached hydrogens (tertiary/aromatic N) is 1. The summed E-state index contributed by atoms with van der Waals surface area (Å²) in [6, 6.07) is 21.1. The molecule has 31 heavy (non-hydrogen) atoms. The van der Waals surface area contributed by atoms with Gasteiger partial charge in [-0.1, -0.05) is 47.5 Å². The van der Waals surface area contributed by atoms with Crippen LogP contribution in [0.15, 0.2) is 72.8 Å². The second-order valence-corrected chi connectivity index (χ2v) is 9.37. The molecule has 6 nitrogen and oxygen atoms in total. The molecule has 0 atom stereocenters. The minimum absolute atomic E-state index is 0.109. The molecule has 0 aromatic heterocycles. The molecule has 0 unspecified atom stereocenters. The van der Waals surface area contributed by atoms with E-state index in [-0.39, 0.29) is 19.1 Å². The Hall–Kier alpha value is -3.03. The van der Waals surface area contributed by atoms with Gasteiger partial charge < -0.3 is 10.1 Å². The van der Waals surface area contributed by atoms with Crippen LogP contribution in [0.5, 0.6) is 5.75 Å². The van der Waals surface area contributed by atoms with Crippen LogP contribution in [-0.2, 0) is 21.4 Å². The maximum Gasteiger partial charge on any atom is 0.262 e. The summed E-state index contributed by atoms with van der Waals surface area (Å²) in [7, 11) is -3.54. The predicted molar refractivity (Wildman–Crippen MR) is 124 cm³/mol. The van der Waals surface area contributed by atoms with Gasteiger partial charge in [0.15, 0.2) is 6.61 Å². The summed E-state index contributed by atoms with van der Waals surface area (Å²) in [5.74, 6) is 0.165. The molecule has 8 heteroatoms. The summed E-state index contributed by atoms with van der Waals surface area (Å²) in [6.45, 7) is 1.91. The van der Waals surface area contributed by atoms with Crippen molar-refractivity contribution in [3.05, 3.63) is 88.9 Å². The first-order chi connectivity index (χ1) is 14.7. The number of aryl methyl sites for hydroxylation is 1. The molecule has 1 N–H and O–H groups in total. The van der Waals surface area contributed by atoms with Crippen molar-refractivity contribution < 1.29 is 17.9 Å². The highest BCUT2D eigenvalue weighted by Gasteiger charge is 2.19. The molecule has 3 rings (SSSR count). The van der Waals surface area contributed by atoms with Crippen molar-refractivity contribution >= 4 is 38.9 Å². The molecule has 3 aromatic rings. The molecule has 1 amide bonds. The van der Waals surface area contributed by atoms with Crippen molar-refractivity contribution in [3.8, 4) is 5.75 Å². The first-order valence-corrected chi connectivity index (χ1v) is 11.8. The Morgan fingerprint density at radius 1 is 1.00 bits per heavy atom. The van der Waals surface area contributed by atoms with Crippen molar-refractivity contribution in [3.63, 3.8) is 0 Å². The lowest BCUT2D eigenvalue weighted by Gasteiger charge is -2.23. The molecule has 162 valence electrons. The van der Waals surface area contributed by atoms with Gasteiger partial charge in [0.2, 0.25) is 10.0 Å². The van der Waals surface area contributed by atoms with Crippen LogP contribution < -0.4 is 14.4 Å². The van der Waals surface area contributed by atoms with Gasteiger partial charge in [-0.25, -0.2) is 8.42 Å². The number of carbonyl (C=O) groups excluding carboxylic acids is 1. The van der Waals surface area contributed by atoms with Crippen molar-refractivity contribution in [2.24, 2.45) is 0 Å². The van der Waals surface area contributed by atoms with Crippen molar-refractivity contribution in [2.45, 2.75) is 13.5 Å².